The van der Waals surface area contributed by atoms with Crippen molar-refractivity contribution in [1.82, 2.24) is 15.1 Å². The van der Waals surface area contributed by atoms with Gasteiger partial charge in [-0.2, -0.15) is 5.10 Å². The number of carbonyl (C=O) groups excluding carboxylic acids is 2. The van der Waals surface area contributed by atoms with Crippen LogP contribution in [-0.4, -0.2) is 33.4 Å². The number of hydrogen-bond donors (Lipinski definition) is 2. The van der Waals surface area contributed by atoms with Crippen molar-refractivity contribution in [2.45, 2.75) is 45.9 Å². The summed E-state index contributed by atoms with van der Waals surface area (Å²) in [7, 11) is 0. The smallest absolute Gasteiger partial charge is 0.408 e. The third kappa shape index (κ3) is 6.29. The fourth-order valence-corrected chi connectivity index (χ4v) is 2.07. The molecule has 0 aliphatic carbocycles. The summed E-state index contributed by atoms with van der Waals surface area (Å²) in [4.78, 5) is 23.9. The first-order chi connectivity index (χ1) is 11.7. The van der Waals surface area contributed by atoms with Crippen molar-refractivity contribution in [2.75, 3.05) is 5.32 Å². The average molecular weight is 344 g/mol. The van der Waals surface area contributed by atoms with E-state index in [0.29, 0.717) is 12.4 Å². The topological polar surface area (TPSA) is 85.2 Å². The Morgan fingerprint density at radius 1 is 1.20 bits per heavy atom. The number of benzene rings is 1. The zero-order valence-corrected chi connectivity index (χ0v) is 14.9. The summed E-state index contributed by atoms with van der Waals surface area (Å²) in [5, 5.41) is 9.48. The van der Waals surface area contributed by atoms with E-state index in [-0.39, 0.29) is 5.91 Å². The van der Waals surface area contributed by atoms with Crippen LogP contribution in [0.4, 0.5) is 10.6 Å². The van der Waals surface area contributed by atoms with E-state index in [4.69, 9.17) is 4.74 Å². The van der Waals surface area contributed by atoms with Gasteiger partial charge in [-0.25, -0.2) is 4.79 Å². The highest BCUT2D eigenvalue weighted by Crippen LogP contribution is 2.08. The predicted octanol–water partition coefficient (Wildman–Crippen LogP) is 2.78. The zero-order chi connectivity index (χ0) is 18.4. The number of ether oxygens (including phenoxy) is 1. The molecule has 0 saturated carbocycles. The molecular formula is C18H24N4O3. The summed E-state index contributed by atoms with van der Waals surface area (Å²) < 4.78 is 6.86. The van der Waals surface area contributed by atoms with Crippen molar-refractivity contribution in [1.29, 1.82) is 0 Å². The first kappa shape index (κ1) is 18.5. The summed E-state index contributed by atoms with van der Waals surface area (Å²) in [6.45, 7) is 7.48. The molecule has 1 atom stereocenters. The van der Waals surface area contributed by atoms with Crippen LogP contribution in [-0.2, 0) is 16.1 Å². The molecular weight excluding hydrogens is 320 g/mol. The van der Waals surface area contributed by atoms with Crippen molar-refractivity contribution >= 4 is 17.8 Å². The van der Waals surface area contributed by atoms with E-state index in [1.807, 2.05) is 30.3 Å². The molecule has 2 N–H and O–H groups in total. The minimum absolute atomic E-state index is 0.365. The molecule has 0 spiro atoms. The Balaban J connectivity index is 1.87. The highest BCUT2D eigenvalue weighted by Gasteiger charge is 2.21. The van der Waals surface area contributed by atoms with Gasteiger partial charge in [-0.15, -0.1) is 0 Å². The van der Waals surface area contributed by atoms with Crippen LogP contribution in [0, 0.1) is 0 Å². The van der Waals surface area contributed by atoms with Crippen molar-refractivity contribution in [2.24, 2.45) is 0 Å². The summed E-state index contributed by atoms with van der Waals surface area (Å²) in [5.74, 6) is 0.0644. The van der Waals surface area contributed by atoms with Gasteiger partial charge < -0.3 is 15.4 Å². The predicted molar refractivity (Wildman–Crippen MR) is 95.2 cm³/mol. The average Bonchev–Trinajstić information content (AvgIpc) is 2.93. The van der Waals surface area contributed by atoms with Crippen LogP contribution < -0.4 is 10.6 Å². The van der Waals surface area contributed by atoms with Crippen LogP contribution in [0.5, 0.6) is 0 Å². The molecule has 1 heterocycles. The Labute approximate surface area is 147 Å². The number of nitrogens with zero attached hydrogens (tertiary/aromatic N) is 2. The number of nitrogens with one attached hydrogen (secondary N) is 2. The largest absolute Gasteiger partial charge is 0.444 e. The number of rotatable bonds is 5. The number of amides is 2. The Morgan fingerprint density at radius 3 is 2.52 bits per heavy atom. The standard InChI is InChI=1S/C18H24N4O3/c1-13(19-17(24)25-18(2,3)4)16(23)20-15-10-11-22(21-15)12-14-8-6-5-7-9-14/h5-11,13H,12H2,1-4H3,(H,19,24)(H,20,21,23)/t13-/m1/s1. The lowest BCUT2D eigenvalue weighted by Gasteiger charge is -2.21. The molecule has 0 aliphatic heterocycles. The lowest BCUT2D eigenvalue weighted by Crippen LogP contribution is -2.44. The highest BCUT2D eigenvalue weighted by molar-refractivity contribution is 5.95. The zero-order valence-electron chi connectivity index (χ0n) is 14.9. The maximum absolute atomic E-state index is 12.2. The van der Waals surface area contributed by atoms with Crippen molar-refractivity contribution in [3.8, 4) is 0 Å². The molecule has 2 amide bonds. The van der Waals surface area contributed by atoms with Gasteiger partial charge in [0.1, 0.15) is 11.6 Å². The Hall–Kier alpha value is -2.83. The van der Waals surface area contributed by atoms with E-state index < -0.39 is 17.7 Å². The Morgan fingerprint density at radius 2 is 1.88 bits per heavy atom. The second kappa shape index (κ2) is 7.83. The fraction of sp³-hybridized carbons (Fsp3) is 0.389. The van der Waals surface area contributed by atoms with E-state index >= 15 is 0 Å². The van der Waals surface area contributed by atoms with Gasteiger partial charge >= 0.3 is 6.09 Å². The third-order valence-corrected chi connectivity index (χ3v) is 3.21. The van der Waals surface area contributed by atoms with Crippen LogP contribution >= 0.6 is 0 Å². The summed E-state index contributed by atoms with van der Waals surface area (Å²) in [6.07, 6.45) is 1.15. The Kier molecular flexibility index (Phi) is 5.80. The maximum Gasteiger partial charge on any atom is 0.408 e. The molecule has 0 saturated heterocycles. The lowest BCUT2D eigenvalue weighted by atomic mass is 10.2. The molecule has 2 rings (SSSR count). The molecule has 0 unspecified atom stereocenters. The van der Waals surface area contributed by atoms with Gasteiger partial charge in [0.05, 0.1) is 6.54 Å². The second-order valence-corrected chi connectivity index (χ2v) is 6.74. The molecule has 1 aromatic heterocycles. The van der Waals surface area contributed by atoms with Gasteiger partial charge in [-0.3, -0.25) is 9.48 Å². The number of aromatic nitrogens is 2. The molecule has 2 aromatic rings. The number of hydrogen-bond acceptors (Lipinski definition) is 4. The van der Waals surface area contributed by atoms with Crippen LogP contribution in [0.25, 0.3) is 0 Å². The molecule has 25 heavy (non-hydrogen) atoms. The van der Waals surface area contributed by atoms with Crippen LogP contribution in [0.3, 0.4) is 0 Å². The van der Waals surface area contributed by atoms with Gasteiger partial charge in [0.2, 0.25) is 5.91 Å². The first-order valence-electron chi connectivity index (χ1n) is 8.11. The molecule has 0 bridgehead atoms. The van der Waals surface area contributed by atoms with Gasteiger partial charge in [0.25, 0.3) is 0 Å². The molecule has 0 radical (unpaired) electrons. The van der Waals surface area contributed by atoms with E-state index in [9.17, 15) is 9.59 Å². The van der Waals surface area contributed by atoms with Crippen molar-refractivity contribution < 1.29 is 14.3 Å². The minimum atomic E-state index is -0.742. The molecule has 0 fully saturated rings. The molecule has 0 aliphatic rings. The van der Waals surface area contributed by atoms with Crippen molar-refractivity contribution in [3.05, 3.63) is 48.2 Å². The van der Waals surface area contributed by atoms with E-state index in [0.717, 1.165) is 5.56 Å². The molecule has 1 aromatic carbocycles. The normalized spacial score (nSPS) is 12.3. The van der Waals surface area contributed by atoms with Crippen LogP contribution in [0.2, 0.25) is 0 Å². The van der Waals surface area contributed by atoms with Crippen molar-refractivity contribution in [3.63, 3.8) is 0 Å². The summed E-state index contributed by atoms with van der Waals surface area (Å²) in [5.41, 5.74) is 0.500. The molecule has 134 valence electrons. The maximum atomic E-state index is 12.2. The quantitative estimate of drug-likeness (QED) is 0.873. The van der Waals surface area contributed by atoms with E-state index in [2.05, 4.69) is 15.7 Å². The highest BCUT2D eigenvalue weighted by atomic mass is 16.6. The SMILES string of the molecule is C[C@@H](NC(=O)OC(C)(C)C)C(=O)Nc1ccn(Cc2ccccc2)n1. The van der Waals surface area contributed by atoms with Gasteiger partial charge in [-0.05, 0) is 33.3 Å². The molecule has 7 heteroatoms. The van der Waals surface area contributed by atoms with Crippen LogP contribution in [0.1, 0.15) is 33.3 Å². The number of carbonyl (C=O) groups is 2. The lowest BCUT2D eigenvalue weighted by molar-refractivity contribution is -0.117. The van der Waals surface area contributed by atoms with Gasteiger partial charge in [-0.1, -0.05) is 30.3 Å². The minimum Gasteiger partial charge on any atom is -0.444 e. The third-order valence-electron chi connectivity index (χ3n) is 3.21. The van der Waals surface area contributed by atoms with E-state index in [1.165, 1.54) is 0 Å². The van der Waals surface area contributed by atoms with E-state index in [1.54, 1.807) is 44.6 Å². The summed E-state index contributed by atoms with van der Waals surface area (Å²) in [6, 6.07) is 10.9. The van der Waals surface area contributed by atoms with Gasteiger partial charge in [0.15, 0.2) is 5.82 Å². The number of anilines is 1. The Bertz CT molecular complexity index is 719. The van der Waals surface area contributed by atoms with Crippen LogP contribution in [0.15, 0.2) is 42.6 Å². The molecule has 7 nitrogen and oxygen atoms in total. The first-order valence-corrected chi connectivity index (χ1v) is 8.11. The summed E-state index contributed by atoms with van der Waals surface area (Å²) >= 11 is 0. The fourth-order valence-electron chi connectivity index (χ4n) is 2.07. The van der Waals surface area contributed by atoms with Gasteiger partial charge in [0, 0.05) is 12.3 Å². The monoisotopic (exact) mass is 344 g/mol. The second-order valence-electron chi connectivity index (χ2n) is 6.74. The number of alkyl carbamates (subject to hydrolysis) is 1.